The largest absolute Gasteiger partial charge is 0.461 e. The zero-order valence-electron chi connectivity index (χ0n) is 10.8. The van der Waals surface area contributed by atoms with Gasteiger partial charge in [0.05, 0.1) is 0 Å². The molecule has 1 aliphatic carbocycles. The second-order valence-electron chi connectivity index (χ2n) is 4.88. The Morgan fingerprint density at radius 2 is 1.80 bits per heavy atom. The smallest absolute Gasteiger partial charge is 0.133 e. The molecule has 0 saturated heterocycles. The lowest BCUT2D eigenvalue weighted by Gasteiger charge is -1.97. The van der Waals surface area contributed by atoms with Crippen molar-refractivity contribution < 1.29 is 4.42 Å². The molecule has 1 aromatic heterocycles. The highest BCUT2D eigenvalue weighted by atomic mass is 16.3. The first-order valence-electron chi connectivity index (χ1n) is 6.48. The highest BCUT2D eigenvalue weighted by molar-refractivity contribution is 5.59. The number of allylic oxidation sites excluding steroid dienone is 1. The topological polar surface area (TPSA) is 60.7 Å². The van der Waals surface area contributed by atoms with E-state index in [1.807, 2.05) is 42.5 Å². The second-order valence-corrected chi connectivity index (χ2v) is 4.88. The lowest BCUT2D eigenvalue weighted by atomic mass is 10.1. The predicted molar refractivity (Wildman–Crippen MR) is 74.5 cm³/mol. The van der Waals surface area contributed by atoms with Crippen LogP contribution in [0.2, 0.25) is 0 Å². The Hall–Kier alpha value is -2.78. The molecule has 1 fully saturated rings. The SMILES string of the molecule is N#CC(C#N)=Cc1ccc(C2CC2c2ccccc2)o1. The zero-order chi connectivity index (χ0) is 13.9. The summed E-state index contributed by atoms with van der Waals surface area (Å²) in [6.45, 7) is 0. The molecule has 3 rings (SSSR count). The molecule has 0 bridgehead atoms. The number of nitriles is 2. The average Bonchev–Trinajstić information content (AvgIpc) is 3.17. The van der Waals surface area contributed by atoms with Gasteiger partial charge in [0.2, 0.25) is 0 Å². The first kappa shape index (κ1) is 12.3. The van der Waals surface area contributed by atoms with Crippen LogP contribution in [0.3, 0.4) is 0 Å². The summed E-state index contributed by atoms with van der Waals surface area (Å²) in [5, 5.41) is 17.4. The van der Waals surface area contributed by atoms with Gasteiger partial charge in [-0.1, -0.05) is 30.3 Å². The monoisotopic (exact) mass is 260 g/mol. The van der Waals surface area contributed by atoms with Gasteiger partial charge in [-0.15, -0.1) is 0 Å². The number of benzene rings is 1. The first-order chi connectivity index (χ1) is 9.81. The van der Waals surface area contributed by atoms with Gasteiger partial charge in [0.1, 0.15) is 29.2 Å². The summed E-state index contributed by atoms with van der Waals surface area (Å²) in [5.41, 5.74) is 1.39. The maximum absolute atomic E-state index is 8.72. The summed E-state index contributed by atoms with van der Waals surface area (Å²) in [6.07, 6.45) is 2.56. The second kappa shape index (κ2) is 5.07. The summed E-state index contributed by atoms with van der Waals surface area (Å²) >= 11 is 0. The van der Waals surface area contributed by atoms with E-state index in [9.17, 15) is 0 Å². The number of furan rings is 1. The summed E-state index contributed by atoms with van der Waals surface area (Å²) in [7, 11) is 0. The molecular formula is C17H12N2O. The molecule has 0 spiro atoms. The summed E-state index contributed by atoms with van der Waals surface area (Å²) in [5.74, 6) is 2.43. The minimum absolute atomic E-state index is 0.0568. The number of hydrogen-bond acceptors (Lipinski definition) is 3. The van der Waals surface area contributed by atoms with Gasteiger partial charge in [-0.25, -0.2) is 0 Å². The Morgan fingerprint density at radius 3 is 2.50 bits per heavy atom. The molecule has 2 atom stereocenters. The normalized spacial score (nSPS) is 19.7. The van der Waals surface area contributed by atoms with Gasteiger partial charge in [0, 0.05) is 12.0 Å². The quantitative estimate of drug-likeness (QED) is 0.784. The van der Waals surface area contributed by atoms with Crippen molar-refractivity contribution in [1.82, 2.24) is 0 Å². The van der Waals surface area contributed by atoms with Crippen LogP contribution in [0, 0.1) is 22.7 Å². The minimum atomic E-state index is 0.0568. The van der Waals surface area contributed by atoms with E-state index in [1.54, 1.807) is 0 Å². The van der Waals surface area contributed by atoms with Crippen molar-refractivity contribution in [3.63, 3.8) is 0 Å². The van der Waals surface area contributed by atoms with Crippen LogP contribution in [-0.2, 0) is 0 Å². The van der Waals surface area contributed by atoms with E-state index in [0.717, 1.165) is 12.2 Å². The number of hydrogen-bond donors (Lipinski definition) is 0. The molecule has 1 heterocycles. The highest BCUT2D eigenvalue weighted by Crippen LogP contribution is 2.54. The van der Waals surface area contributed by atoms with Crippen molar-refractivity contribution >= 4 is 6.08 Å². The third-order valence-electron chi connectivity index (χ3n) is 3.56. The molecule has 1 saturated carbocycles. The number of rotatable bonds is 3. The van der Waals surface area contributed by atoms with Crippen molar-refractivity contribution in [3.8, 4) is 12.1 Å². The van der Waals surface area contributed by atoms with Crippen LogP contribution in [0.15, 0.2) is 52.5 Å². The maximum Gasteiger partial charge on any atom is 0.133 e. The summed E-state index contributed by atoms with van der Waals surface area (Å²) < 4.78 is 5.71. The standard InChI is InChI=1S/C17H12N2O/c18-10-12(11-19)8-14-6-7-17(20-14)16-9-15(16)13-4-2-1-3-5-13/h1-8,15-16H,9H2. The Bertz CT molecular complexity index is 712. The maximum atomic E-state index is 8.72. The third-order valence-corrected chi connectivity index (χ3v) is 3.56. The molecule has 0 N–H and O–H groups in total. The molecule has 3 heteroatoms. The Kier molecular flexibility index (Phi) is 3.11. The third kappa shape index (κ3) is 2.35. The van der Waals surface area contributed by atoms with Crippen LogP contribution in [0.25, 0.3) is 6.08 Å². The van der Waals surface area contributed by atoms with Crippen molar-refractivity contribution in [2.45, 2.75) is 18.3 Å². The minimum Gasteiger partial charge on any atom is -0.461 e. The lowest BCUT2D eigenvalue weighted by Crippen LogP contribution is -1.81. The molecule has 0 radical (unpaired) electrons. The molecule has 0 aliphatic heterocycles. The van der Waals surface area contributed by atoms with E-state index in [0.29, 0.717) is 17.6 Å². The molecular weight excluding hydrogens is 248 g/mol. The summed E-state index contributed by atoms with van der Waals surface area (Å²) in [6, 6.07) is 17.8. The van der Waals surface area contributed by atoms with Gasteiger partial charge >= 0.3 is 0 Å². The Labute approximate surface area is 117 Å². The van der Waals surface area contributed by atoms with Gasteiger partial charge in [-0.2, -0.15) is 10.5 Å². The lowest BCUT2D eigenvalue weighted by molar-refractivity contribution is 0.501. The van der Waals surface area contributed by atoms with Gasteiger partial charge < -0.3 is 4.42 Å². The van der Waals surface area contributed by atoms with E-state index in [1.165, 1.54) is 11.6 Å². The van der Waals surface area contributed by atoms with E-state index in [4.69, 9.17) is 14.9 Å². The molecule has 2 unspecified atom stereocenters. The van der Waals surface area contributed by atoms with Crippen molar-refractivity contribution in [2.24, 2.45) is 0 Å². The zero-order valence-corrected chi connectivity index (χ0v) is 10.8. The van der Waals surface area contributed by atoms with Gasteiger partial charge in [-0.05, 0) is 30.0 Å². The fraction of sp³-hybridized carbons (Fsp3) is 0.176. The van der Waals surface area contributed by atoms with Crippen LogP contribution >= 0.6 is 0 Å². The molecule has 1 aliphatic rings. The van der Waals surface area contributed by atoms with E-state index >= 15 is 0 Å². The Balaban J connectivity index is 1.76. The average molecular weight is 260 g/mol. The molecule has 3 nitrogen and oxygen atoms in total. The van der Waals surface area contributed by atoms with Gasteiger partial charge in [-0.3, -0.25) is 0 Å². The fourth-order valence-electron chi connectivity index (χ4n) is 2.46. The van der Waals surface area contributed by atoms with Crippen molar-refractivity contribution in [3.05, 3.63) is 65.1 Å². The molecule has 20 heavy (non-hydrogen) atoms. The molecule has 1 aromatic carbocycles. The van der Waals surface area contributed by atoms with Crippen LogP contribution in [-0.4, -0.2) is 0 Å². The molecule has 96 valence electrons. The van der Waals surface area contributed by atoms with Crippen LogP contribution in [0.4, 0.5) is 0 Å². The Morgan fingerprint density at radius 1 is 1.05 bits per heavy atom. The van der Waals surface area contributed by atoms with Crippen LogP contribution < -0.4 is 0 Å². The van der Waals surface area contributed by atoms with Crippen molar-refractivity contribution in [1.29, 1.82) is 10.5 Å². The van der Waals surface area contributed by atoms with E-state index < -0.39 is 0 Å². The van der Waals surface area contributed by atoms with Gasteiger partial charge in [0.15, 0.2) is 0 Å². The van der Waals surface area contributed by atoms with Crippen LogP contribution in [0.1, 0.15) is 35.3 Å². The fourth-order valence-corrected chi connectivity index (χ4v) is 2.46. The predicted octanol–water partition coefficient (Wildman–Crippen LogP) is 3.98. The van der Waals surface area contributed by atoms with E-state index in [2.05, 4.69) is 12.1 Å². The highest BCUT2D eigenvalue weighted by Gasteiger charge is 2.41. The van der Waals surface area contributed by atoms with Gasteiger partial charge in [0.25, 0.3) is 0 Å². The number of nitrogens with zero attached hydrogens (tertiary/aromatic N) is 2. The molecule has 2 aromatic rings. The molecule has 0 amide bonds. The van der Waals surface area contributed by atoms with Crippen LogP contribution in [0.5, 0.6) is 0 Å². The van der Waals surface area contributed by atoms with Crippen molar-refractivity contribution in [2.75, 3.05) is 0 Å². The van der Waals surface area contributed by atoms with E-state index in [-0.39, 0.29) is 5.57 Å². The summed E-state index contributed by atoms with van der Waals surface area (Å²) in [4.78, 5) is 0. The first-order valence-corrected chi connectivity index (χ1v) is 6.48.